The van der Waals surface area contributed by atoms with Crippen LogP contribution in [0.4, 0.5) is 0 Å². The second kappa shape index (κ2) is 7.58. The molecule has 6 nitrogen and oxygen atoms in total. The maximum Gasteiger partial charge on any atom is 0.332 e. The number of nitrogens with one attached hydrogen (secondary N) is 1. The number of aliphatic carboxylic acids is 1. The van der Waals surface area contributed by atoms with Crippen LogP contribution < -0.4 is 0 Å². The van der Waals surface area contributed by atoms with Gasteiger partial charge in [0.25, 0.3) is 0 Å². The van der Waals surface area contributed by atoms with Gasteiger partial charge in [0.15, 0.2) is 11.5 Å². The monoisotopic (exact) mass is 298 g/mol. The van der Waals surface area contributed by atoms with Crippen LogP contribution in [0, 0.1) is 5.41 Å². The Morgan fingerprint density at radius 3 is 2.77 bits per heavy atom. The Morgan fingerprint density at radius 2 is 2.09 bits per heavy atom. The molecule has 0 unspecified atom stereocenters. The second-order valence-electron chi connectivity index (χ2n) is 4.23. The molecule has 0 saturated heterocycles. The third-order valence-corrected chi connectivity index (χ3v) is 2.70. The number of furan rings is 1. The van der Waals surface area contributed by atoms with Gasteiger partial charge in [-0.05, 0) is 11.6 Å². The minimum absolute atomic E-state index is 0.0905. The molecule has 0 spiro atoms. The molecule has 2 N–H and O–H groups in total. The summed E-state index contributed by atoms with van der Waals surface area (Å²) in [6.45, 7) is 0.210. The van der Waals surface area contributed by atoms with E-state index in [1.165, 1.54) is 12.5 Å². The molecule has 0 aliphatic heterocycles. The van der Waals surface area contributed by atoms with Crippen LogP contribution in [0.2, 0.25) is 0 Å². The molecule has 112 valence electrons. The highest BCUT2D eigenvalue weighted by Crippen LogP contribution is 2.22. The minimum atomic E-state index is -1.14. The van der Waals surface area contributed by atoms with E-state index in [1.54, 1.807) is 6.07 Å². The Morgan fingerprint density at radius 1 is 1.32 bits per heavy atom. The number of benzene rings is 1. The quantitative estimate of drug-likeness (QED) is 0.355. The lowest BCUT2D eigenvalue weighted by Gasteiger charge is -2.09. The van der Waals surface area contributed by atoms with E-state index < -0.39 is 5.97 Å². The first-order valence-electron chi connectivity index (χ1n) is 6.42. The van der Waals surface area contributed by atoms with Gasteiger partial charge in [-0.1, -0.05) is 30.3 Å². The van der Waals surface area contributed by atoms with Crippen molar-refractivity contribution in [1.82, 2.24) is 0 Å². The van der Waals surface area contributed by atoms with Gasteiger partial charge in [-0.3, -0.25) is 5.41 Å². The fraction of sp³-hybridized carbons (Fsp3) is 0.0625. The minimum Gasteiger partial charge on any atom is -0.485 e. The number of hydrogen-bond donors (Lipinski definition) is 2. The van der Waals surface area contributed by atoms with E-state index in [0.29, 0.717) is 5.56 Å². The molecule has 1 aromatic carbocycles. The van der Waals surface area contributed by atoms with Gasteiger partial charge in [-0.25, -0.2) is 9.79 Å². The van der Waals surface area contributed by atoms with Crippen LogP contribution in [0.3, 0.4) is 0 Å². The number of hydrogen-bond acceptors (Lipinski definition) is 4. The summed E-state index contributed by atoms with van der Waals surface area (Å²) < 4.78 is 10.9. The van der Waals surface area contributed by atoms with Crippen LogP contribution in [0.1, 0.15) is 16.9 Å². The van der Waals surface area contributed by atoms with Gasteiger partial charge in [-0.15, -0.1) is 0 Å². The number of nitrogens with zero attached hydrogens (tertiary/aromatic N) is 1. The molecule has 0 aliphatic rings. The van der Waals surface area contributed by atoms with Crippen molar-refractivity contribution in [3.63, 3.8) is 0 Å². The number of carboxylic acid groups (broad SMARTS) is 1. The number of carboxylic acids is 1. The van der Waals surface area contributed by atoms with Crippen LogP contribution in [0.25, 0.3) is 5.76 Å². The van der Waals surface area contributed by atoms with Crippen LogP contribution in [-0.4, -0.2) is 23.6 Å². The highest BCUT2D eigenvalue weighted by Gasteiger charge is 2.14. The number of rotatable bonds is 7. The highest BCUT2D eigenvalue weighted by molar-refractivity contribution is 5.93. The summed E-state index contributed by atoms with van der Waals surface area (Å²) in [6, 6.07) is 11.0. The van der Waals surface area contributed by atoms with Crippen LogP contribution in [0.5, 0.6) is 0 Å². The molecule has 0 saturated carbocycles. The van der Waals surface area contributed by atoms with Crippen LogP contribution in [0.15, 0.2) is 58.1 Å². The predicted octanol–water partition coefficient (Wildman–Crippen LogP) is 2.95. The van der Waals surface area contributed by atoms with Crippen molar-refractivity contribution >= 4 is 24.3 Å². The van der Waals surface area contributed by atoms with E-state index in [0.717, 1.165) is 18.0 Å². The van der Waals surface area contributed by atoms with Gasteiger partial charge in [0.1, 0.15) is 12.9 Å². The molecule has 0 radical (unpaired) electrons. The highest BCUT2D eigenvalue weighted by atomic mass is 16.5. The lowest BCUT2D eigenvalue weighted by Crippen LogP contribution is -1.99. The molecule has 1 heterocycles. The molecular weight excluding hydrogens is 284 g/mol. The molecule has 0 aliphatic carbocycles. The summed E-state index contributed by atoms with van der Waals surface area (Å²) in [4.78, 5) is 14.7. The zero-order valence-electron chi connectivity index (χ0n) is 11.6. The van der Waals surface area contributed by atoms with E-state index in [9.17, 15) is 4.79 Å². The van der Waals surface area contributed by atoms with Crippen LogP contribution in [-0.2, 0) is 16.1 Å². The average Bonchev–Trinajstić information content (AvgIpc) is 2.98. The lowest BCUT2D eigenvalue weighted by molar-refractivity contribution is -0.131. The normalized spacial score (nSPS) is 11.5. The Labute approximate surface area is 126 Å². The number of aliphatic imine (C=N–C) groups is 1. The molecule has 0 amide bonds. The summed E-state index contributed by atoms with van der Waals surface area (Å²) in [5.41, 5.74) is 1.43. The zero-order chi connectivity index (χ0) is 15.8. The third kappa shape index (κ3) is 4.17. The second-order valence-corrected chi connectivity index (χ2v) is 4.23. The molecule has 6 heteroatoms. The molecule has 0 fully saturated rings. The maximum absolute atomic E-state index is 11.0. The fourth-order valence-corrected chi connectivity index (χ4v) is 1.76. The predicted molar refractivity (Wildman–Crippen MR) is 81.9 cm³/mol. The van der Waals surface area contributed by atoms with E-state index >= 15 is 0 Å². The van der Waals surface area contributed by atoms with Crippen molar-refractivity contribution in [2.75, 3.05) is 0 Å². The first kappa shape index (κ1) is 15.2. The molecule has 0 bridgehead atoms. The van der Waals surface area contributed by atoms with E-state index in [2.05, 4.69) is 4.99 Å². The molecule has 22 heavy (non-hydrogen) atoms. The first-order chi connectivity index (χ1) is 10.7. The summed E-state index contributed by atoms with van der Waals surface area (Å²) in [5, 5.41) is 15.9. The summed E-state index contributed by atoms with van der Waals surface area (Å²) in [6.07, 6.45) is 4.61. The number of ether oxygens (including phenoxy) is 1. The Bertz CT molecular complexity index is 702. The fourth-order valence-electron chi connectivity index (χ4n) is 1.76. The average molecular weight is 298 g/mol. The van der Waals surface area contributed by atoms with E-state index in [1.807, 2.05) is 30.3 Å². The van der Waals surface area contributed by atoms with Gasteiger partial charge in [0, 0.05) is 11.8 Å². The van der Waals surface area contributed by atoms with Gasteiger partial charge in [-0.2, -0.15) is 0 Å². The Kier molecular flexibility index (Phi) is 5.25. The van der Waals surface area contributed by atoms with Crippen molar-refractivity contribution in [3.8, 4) is 0 Å². The summed E-state index contributed by atoms with van der Waals surface area (Å²) in [5.74, 6) is -0.800. The van der Waals surface area contributed by atoms with Crippen LogP contribution >= 0.6 is 0 Å². The van der Waals surface area contributed by atoms with E-state index in [4.69, 9.17) is 19.7 Å². The van der Waals surface area contributed by atoms with E-state index in [-0.39, 0.29) is 18.1 Å². The van der Waals surface area contributed by atoms with Gasteiger partial charge >= 0.3 is 5.97 Å². The smallest absolute Gasteiger partial charge is 0.332 e. The molecule has 2 aromatic rings. The largest absolute Gasteiger partial charge is 0.485 e. The molecule has 1 aromatic heterocycles. The van der Waals surface area contributed by atoms with Gasteiger partial charge in [0.05, 0.1) is 12.3 Å². The lowest BCUT2D eigenvalue weighted by atomic mass is 10.2. The zero-order valence-corrected chi connectivity index (χ0v) is 11.6. The van der Waals surface area contributed by atoms with Crippen molar-refractivity contribution in [2.24, 2.45) is 4.99 Å². The SMILES string of the molecule is N=CN=Cc1ccoc1C(=CC(=O)O)OCc1ccccc1. The van der Waals surface area contributed by atoms with Gasteiger partial charge in [0.2, 0.25) is 0 Å². The molecule has 2 rings (SSSR count). The Balaban J connectivity index is 2.24. The first-order valence-corrected chi connectivity index (χ1v) is 6.42. The maximum atomic E-state index is 11.0. The topological polar surface area (TPSA) is 95.9 Å². The molecular formula is C16H14N2O4. The Hall–Kier alpha value is -3.15. The van der Waals surface area contributed by atoms with Crippen molar-refractivity contribution in [1.29, 1.82) is 5.41 Å². The van der Waals surface area contributed by atoms with Crippen molar-refractivity contribution < 1.29 is 19.1 Å². The summed E-state index contributed by atoms with van der Waals surface area (Å²) >= 11 is 0. The molecule has 0 atom stereocenters. The standard InChI is InChI=1S/C16H14N2O4/c17-11-18-9-13-6-7-21-16(13)14(8-15(19)20)22-10-12-4-2-1-3-5-12/h1-9,11,17H,10H2,(H,19,20). The summed E-state index contributed by atoms with van der Waals surface area (Å²) in [7, 11) is 0. The van der Waals surface area contributed by atoms with Crippen molar-refractivity contribution in [2.45, 2.75) is 6.61 Å². The van der Waals surface area contributed by atoms with Gasteiger partial charge < -0.3 is 14.3 Å². The van der Waals surface area contributed by atoms with Crippen molar-refractivity contribution in [3.05, 3.63) is 65.6 Å². The third-order valence-electron chi connectivity index (χ3n) is 2.70. The number of carbonyl (C=O) groups is 1.